The molecule has 7 heteroatoms. The Morgan fingerprint density at radius 2 is 1.81 bits per heavy atom. The van der Waals surface area contributed by atoms with E-state index in [1.807, 2.05) is 24.3 Å². The Kier molecular flexibility index (Phi) is 8.92. The normalized spacial score (nSPS) is 15.3. The molecule has 2 aromatic carbocycles. The van der Waals surface area contributed by atoms with Gasteiger partial charge in [0.05, 0.1) is 20.2 Å². The molecule has 1 amide bonds. The summed E-state index contributed by atoms with van der Waals surface area (Å²) in [5, 5.41) is 6.74. The van der Waals surface area contributed by atoms with Gasteiger partial charge in [-0.3, -0.25) is 9.69 Å². The third-order valence-electron chi connectivity index (χ3n) is 5.64. The van der Waals surface area contributed by atoms with Gasteiger partial charge in [0, 0.05) is 39.8 Å². The maximum atomic E-state index is 12.1. The lowest BCUT2D eigenvalue weighted by atomic mass is 10.0. The maximum Gasteiger partial charge on any atom is 0.241 e. The number of carbonyl (C=O) groups is 1. The summed E-state index contributed by atoms with van der Waals surface area (Å²) in [6.45, 7) is 3.78. The van der Waals surface area contributed by atoms with Crippen LogP contribution in [-0.4, -0.2) is 68.5 Å². The van der Waals surface area contributed by atoms with Crippen molar-refractivity contribution < 1.29 is 9.53 Å². The molecule has 3 rings (SSSR count). The van der Waals surface area contributed by atoms with E-state index in [1.54, 1.807) is 26.1 Å². The van der Waals surface area contributed by atoms with Gasteiger partial charge in [-0.05, 0) is 36.1 Å². The number of piperidine rings is 1. The summed E-state index contributed by atoms with van der Waals surface area (Å²) in [5.74, 6) is 1.50. The Bertz CT molecular complexity index is 877. The summed E-state index contributed by atoms with van der Waals surface area (Å²) in [6.07, 6.45) is 2.07. The first-order valence-electron chi connectivity index (χ1n) is 11.2. The number of hydrogen-bond donors (Lipinski definition) is 2. The molecule has 1 heterocycles. The molecule has 0 spiro atoms. The van der Waals surface area contributed by atoms with E-state index in [4.69, 9.17) is 9.73 Å². The molecular formula is C25H35N5O2. The molecule has 1 aliphatic rings. The van der Waals surface area contributed by atoms with Crippen molar-refractivity contribution in [2.75, 3.05) is 40.8 Å². The first-order valence-corrected chi connectivity index (χ1v) is 11.2. The molecule has 2 aromatic rings. The Morgan fingerprint density at radius 1 is 1.09 bits per heavy atom. The molecule has 0 saturated carbocycles. The second kappa shape index (κ2) is 12.1. The number of nitrogens with one attached hydrogen (secondary N) is 2. The van der Waals surface area contributed by atoms with E-state index in [0.29, 0.717) is 18.5 Å². The number of guanidine groups is 1. The van der Waals surface area contributed by atoms with Crippen LogP contribution in [0.15, 0.2) is 59.6 Å². The van der Waals surface area contributed by atoms with Crippen LogP contribution in [0.2, 0.25) is 0 Å². The zero-order chi connectivity index (χ0) is 22.8. The van der Waals surface area contributed by atoms with Gasteiger partial charge < -0.3 is 20.3 Å². The van der Waals surface area contributed by atoms with Gasteiger partial charge in [0.1, 0.15) is 5.75 Å². The molecule has 1 saturated heterocycles. The summed E-state index contributed by atoms with van der Waals surface area (Å²) in [5.41, 5.74) is 2.41. The molecule has 0 bridgehead atoms. The largest absolute Gasteiger partial charge is 0.497 e. The van der Waals surface area contributed by atoms with Crippen LogP contribution in [0.25, 0.3) is 0 Å². The minimum Gasteiger partial charge on any atom is -0.497 e. The summed E-state index contributed by atoms with van der Waals surface area (Å²) < 4.78 is 5.31. The quantitative estimate of drug-likeness (QED) is 0.491. The lowest BCUT2D eigenvalue weighted by Gasteiger charge is -2.33. The molecule has 7 nitrogen and oxygen atoms in total. The fourth-order valence-corrected chi connectivity index (χ4v) is 3.68. The first-order chi connectivity index (χ1) is 15.5. The lowest BCUT2D eigenvalue weighted by Crippen LogP contribution is -2.50. The van der Waals surface area contributed by atoms with Crippen LogP contribution < -0.4 is 15.4 Å². The Hall–Kier alpha value is -3.06. The van der Waals surface area contributed by atoms with Crippen molar-refractivity contribution >= 4 is 11.9 Å². The number of ether oxygens (including phenoxy) is 1. The van der Waals surface area contributed by atoms with Gasteiger partial charge in [-0.25, -0.2) is 4.99 Å². The number of methoxy groups -OCH3 is 1. The van der Waals surface area contributed by atoms with Crippen molar-refractivity contribution in [2.45, 2.75) is 32.0 Å². The van der Waals surface area contributed by atoms with E-state index >= 15 is 0 Å². The number of likely N-dealkylation sites (N-methyl/N-ethyl adjacent to an activating group) is 1. The molecule has 0 unspecified atom stereocenters. The number of benzene rings is 2. The number of carbonyl (C=O) groups excluding carboxylic acids is 1. The van der Waals surface area contributed by atoms with E-state index in [0.717, 1.165) is 43.8 Å². The Balaban J connectivity index is 1.57. The number of amides is 1. The highest BCUT2D eigenvalue weighted by molar-refractivity contribution is 5.86. The molecular weight excluding hydrogens is 402 g/mol. The van der Waals surface area contributed by atoms with Crippen molar-refractivity contribution in [3.05, 3.63) is 65.7 Å². The van der Waals surface area contributed by atoms with Gasteiger partial charge in [-0.1, -0.05) is 42.5 Å². The Morgan fingerprint density at radius 3 is 2.50 bits per heavy atom. The van der Waals surface area contributed by atoms with Crippen molar-refractivity contribution in [2.24, 2.45) is 4.99 Å². The molecule has 1 aliphatic heterocycles. The molecule has 2 N–H and O–H groups in total. The highest BCUT2D eigenvalue weighted by atomic mass is 16.5. The number of nitrogens with zero attached hydrogens (tertiary/aromatic N) is 3. The zero-order valence-corrected chi connectivity index (χ0v) is 19.4. The fraction of sp³-hybridized carbons (Fsp3) is 0.440. The monoisotopic (exact) mass is 437 g/mol. The third kappa shape index (κ3) is 7.57. The topological polar surface area (TPSA) is 69.2 Å². The van der Waals surface area contributed by atoms with Crippen LogP contribution in [0.4, 0.5) is 0 Å². The van der Waals surface area contributed by atoms with Crippen molar-refractivity contribution in [1.29, 1.82) is 0 Å². The van der Waals surface area contributed by atoms with E-state index in [9.17, 15) is 4.79 Å². The standard InChI is InChI=1S/C25H35N5O2/c1-29(2)24(31)18-27-25(26-17-21-10-7-11-23(16-21)32-3)28-22-12-14-30(15-13-22)19-20-8-5-4-6-9-20/h4-11,16,22H,12-15,17-19H2,1-3H3,(H2,26,27,28). The summed E-state index contributed by atoms with van der Waals surface area (Å²) >= 11 is 0. The Labute approximate surface area is 191 Å². The van der Waals surface area contributed by atoms with Crippen molar-refractivity contribution in [3.63, 3.8) is 0 Å². The van der Waals surface area contributed by atoms with Crippen LogP contribution >= 0.6 is 0 Å². The molecule has 0 atom stereocenters. The second-order valence-electron chi connectivity index (χ2n) is 8.34. The van der Waals surface area contributed by atoms with Gasteiger partial charge in [-0.15, -0.1) is 0 Å². The van der Waals surface area contributed by atoms with Crippen LogP contribution in [0.5, 0.6) is 5.75 Å². The summed E-state index contributed by atoms with van der Waals surface area (Å²) in [4.78, 5) is 20.9. The fourth-order valence-electron chi connectivity index (χ4n) is 3.68. The molecule has 0 radical (unpaired) electrons. The number of hydrogen-bond acceptors (Lipinski definition) is 4. The zero-order valence-electron chi connectivity index (χ0n) is 19.4. The van der Waals surface area contributed by atoms with E-state index in [1.165, 1.54) is 5.56 Å². The summed E-state index contributed by atoms with van der Waals surface area (Å²) in [6, 6.07) is 18.8. The van der Waals surface area contributed by atoms with Crippen molar-refractivity contribution in [1.82, 2.24) is 20.4 Å². The van der Waals surface area contributed by atoms with Crippen LogP contribution in [0.1, 0.15) is 24.0 Å². The van der Waals surface area contributed by atoms with Crippen LogP contribution in [0, 0.1) is 0 Å². The lowest BCUT2D eigenvalue weighted by molar-refractivity contribution is -0.127. The first kappa shape index (κ1) is 23.6. The second-order valence-corrected chi connectivity index (χ2v) is 8.34. The SMILES string of the molecule is COc1cccc(CN=C(NCC(=O)N(C)C)NC2CCN(Cc3ccccc3)CC2)c1. The van der Waals surface area contributed by atoms with E-state index in [-0.39, 0.29) is 12.5 Å². The highest BCUT2D eigenvalue weighted by Crippen LogP contribution is 2.15. The molecule has 0 aromatic heterocycles. The predicted molar refractivity (Wildman–Crippen MR) is 129 cm³/mol. The van der Waals surface area contributed by atoms with Crippen molar-refractivity contribution in [3.8, 4) is 5.75 Å². The van der Waals surface area contributed by atoms with Crippen LogP contribution in [0.3, 0.4) is 0 Å². The smallest absolute Gasteiger partial charge is 0.241 e. The highest BCUT2D eigenvalue weighted by Gasteiger charge is 2.20. The average Bonchev–Trinajstić information content (AvgIpc) is 2.82. The third-order valence-corrected chi connectivity index (χ3v) is 5.64. The minimum absolute atomic E-state index is 0.0126. The number of rotatable bonds is 8. The van der Waals surface area contributed by atoms with Gasteiger partial charge in [-0.2, -0.15) is 0 Å². The minimum atomic E-state index is 0.0126. The molecule has 1 fully saturated rings. The van der Waals surface area contributed by atoms with Gasteiger partial charge in [0.2, 0.25) is 5.91 Å². The molecule has 172 valence electrons. The van der Waals surface area contributed by atoms with E-state index < -0.39 is 0 Å². The maximum absolute atomic E-state index is 12.1. The van der Waals surface area contributed by atoms with Gasteiger partial charge in [0.25, 0.3) is 0 Å². The summed E-state index contributed by atoms with van der Waals surface area (Å²) in [7, 11) is 5.17. The molecule has 32 heavy (non-hydrogen) atoms. The number of aliphatic imine (C=N–C) groups is 1. The number of likely N-dealkylation sites (tertiary alicyclic amines) is 1. The van der Waals surface area contributed by atoms with Crippen LogP contribution in [-0.2, 0) is 17.9 Å². The average molecular weight is 438 g/mol. The van der Waals surface area contributed by atoms with Gasteiger partial charge in [0.15, 0.2) is 5.96 Å². The predicted octanol–water partition coefficient (Wildman–Crippen LogP) is 2.48. The molecule has 0 aliphatic carbocycles. The van der Waals surface area contributed by atoms with Gasteiger partial charge >= 0.3 is 0 Å². The van der Waals surface area contributed by atoms with E-state index in [2.05, 4.69) is 45.9 Å².